The first kappa shape index (κ1) is 13.6. The molecule has 0 saturated heterocycles. The van der Waals surface area contributed by atoms with Gasteiger partial charge in [-0.2, -0.15) is 0 Å². The van der Waals surface area contributed by atoms with E-state index in [0.29, 0.717) is 0 Å². The first-order valence-electron chi connectivity index (χ1n) is 6.60. The van der Waals surface area contributed by atoms with Gasteiger partial charge in [-0.25, -0.2) is 4.98 Å². The largest absolute Gasteiger partial charge is 0.292 e. The van der Waals surface area contributed by atoms with Gasteiger partial charge in [0.15, 0.2) is 5.78 Å². The highest BCUT2D eigenvalue weighted by Gasteiger charge is 2.34. The Morgan fingerprint density at radius 1 is 1.37 bits per heavy atom. The number of aromatic nitrogens is 2. The highest BCUT2D eigenvalue weighted by atomic mass is 16.6. The van der Waals surface area contributed by atoms with Gasteiger partial charge in [0.1, 0.15) is 5.69 Å². The van der Waals surface area contributed by atoms with Crippen LogP contribution in [0.2, 0.25) is 0 Å². The highest BCUT2D eigenvalue weighted by molar-refractivity contribution is 5.96. The number of ketones is 1. The summed E-state index contributed by atoms with van der Waals surface area (Å²) >= 11 is 0. The molecule has 1 aliphatic carbocycles. The topological polar surface area (TPSA) is 86.0 Å². The smallest absolute Gasteiger partial charge is 0.214 e. The number of nitro groups is 1. The minimum absolute atomic E-state index is 0.105. The average molecular weight is 263 g/mol. The molecule has 6 heteroatoms. The van der Waals surface area contributed by atoms with E-state index in [0.717, 1.165) is 32.1 Å². The molecule has 1 aromatic heterocycles. The maximum atomic E-state index is 12.4. The van der Waals surface area contributed by atoms with Gasteiger partial charge in [0.05, 0.1) is 12.1 Å². The van der Waals surface area contributed by atoms with Crippen LogP contribution >= 0.6 is 0 Å². The molecular formula is C13H17N3O3. The zero-order valence-electron chi connectivity index (χ0n) is 10.7. The average Bonchev–Trinajstić information content (AvgIpc) is 2.46. The second kappa shape index (κ2) is 6.36. The molecule has 0 bridgehead atoms. The Morgan fingerprint density at radius 3 is 2.68 bits per heavy atom. The third-order valence-electron chi connectivity index (χ3n) is 3.72. The number of Topliss-reactive ketones (excluding diaryl/α,β-unsaturated/α-hetero) is 1. The quantitative estimate of drug-likeness (QED) is 0.461. The molecule has 1 aliphatic rings. The van der Waals surface area contributed by atoms with Crippen LogP contribution in [0.15, 0.2) is 18.6 Å². The van der Waals surface area contributed by atoms with Crippen molar-refractivity contribution in [1.82, 2.24) is 9.97 Å². The number of carbonyl (C=O) groups excluding carboxylic acids is 1. The molecule has 0 amide bonds. The summed E-state index contributed by atoms with van der Waals surface area (Å²) in [6.07, 6.45) is 9.35. The van der Waals surface area contributed by atoms with Gasteiger partial charge in [-0.05, 0) is 18.8 Å². The number of nitrogens with zero attached hydrogens (tertiary/aromatic N) is 3. The predicted molar refractivity (Wildman–Crippen MR) is 68.3 cm³/mol. The van der Waals surface area contributed by atoms with E-state index in [1.807, 2.05) is 0 Å². The van der Waals surface area contributed by atoms with E-state index < -0.39 is 10.8 Å². The van der Waals surface area contributed by atoms with E-state index in [9.17, 15) is 14.9 Å². The minimum atomic E-state index is -0.563. The molecule has 0 N–H and O–H groups in total. The zero-order valence-corrected chi connectivity index (χ0v) is 10.7. The zero-order chi connectivity index (χ0) is 13.7. The van der Waals surface area contributed by atoms with Crippen LogP contribution in [0, 0.1) is 22.0 Å². The fraction of sp³-hybridized carbons (Fsp3) is 0.615. The van der Waals surface area contributed by atoms with Gasteiger partial charge in [0.25, 0.3) is 0 Å². The third kappa shape index (κ3) is 3.56. The molecule has 0 aliphatic heterocycles. The standard InChI is InChI=1S/C13H17N3O3/c17-13(12-8-14-6-7-15-12)11(9-16(18)19)10-4-2-1-3-5-10/h6-8,10-11H,1-5,9H2. The summed E-state index contributed by atoms with van der Waals surface area (Å²) in [5, 5.41) is 10.8. The summed E-state index contributed by atoms with van der Waals surface area (Å²) in [6, 6.07) is 0. The van der Waals surface area contributed by atoms with Crippen molar-refractivity contribution in [3.63, 3.8) is 0 Å². The van der Waals surface area contributed by atoms with Crippen LogP contribution in [-0.4, -0.2) is 27.2 Å². The maximum absolute atomic E-state index is 12.4. The summed E-state index contributed by atoms with van der Waals surface area (Å²) in [5.74, 6) is -0.697. The molecule has 1 fully saturated rings. The summed E-state index contributed by atoms with van der Waals surface area (Å²) in [4.78, 5) is 30.6. The van der Waals surface area contributed by atoms with Gasteiger partial charge in [-0.1, -0.05) is 19.3 Å². The minimum Gasteiger partial charge on any atom is -0.292 e. The molecule has 0 radical (unpaired) electrons. The van der Waals surface area contributed by atoms with E-state index >= 15 is 0 Å². The van der Waals surface area contributed by atoms with Crippen molar-refractivity contribution < 1.29 is 9.72 Å². The Bertz CT molecular complexity index is 444. The molecular weight excluding hydrogens is 246 g/mol. The summed E-state index contributed by atoms with van der Waals surface area (Å²) in [5.41, 5.74) is 0.236. The van der Waals surface area contributed by atoms with Crippen molar-refractivity contribution in [3.8, 4) is 0 Å². The van der Waals surface area contributed by atoms with E-state index in [-0.39, 0.29) is 23.9 Å². The second-order valence-electron chi connectivity index (χ2n) is 4.97. The first-order chi connectivity index (χ1) is 9.18. The molecule has 1 atom stereocenters. The van der Waals surface area contributed by atoms with Crippen molar-refractivity contribution in [2.75, 3.05) is 6.54 Å². The lowest BCUT2D eigenvalue weighted by molar-refractivity contribution is -0.487. The number of hydrogen-bond acceptors (Lipinski definition) is 5. The van der Waals surface area contributed by atoms with Crippen molar-refractivity contribution in [3.05, 3.63) is 34.4 Å². The van der Waals surface area contributed by atoms with Crippen LogP contribution in [0.5, 0.6) is 0 Å². The molecule has 1 heterocycles. The SMILES string of the molecule is O=C(c1cnccn1)C(C[N+](=O)[O-])C1CCCCC1. The predicted octanol–water partition coefficient (Wildman–Crippen LogP) is 2.13. The maximum Gasteiger partial charge on any atom is 0.214 e. The second-order valence-corrected chi connectivity index (χ2v) is 4.97. The molecule has 1 unspecified atom stereocenters. The third-order valence-corrected chi connectivity index (χ3v) is 3.72. The summed E-state index contributed by atoms with van der Waals surface area (Å²) < 4.78 is 0. The summed E-state index contributed by atoms with van der Waals surface area (Å²) in [7, 11) is 0. The number of hydrogen-bond donors (Lipinski definition) is 0. The van der Waals surface area contributed by atoms with Crippen molar-refractivity contribution >= 4 is 5.78 Å². The van der Waals surface area contributed by atoms with Gasteiger partial charge >= 0.3 is 0 Å². The van der Waals surface area contributed by atoms with E-state index in [1.54, 1.807) is 0 Å². The molecule has 19 heavy (non-hydrogen) atoms. The van der Waals surface area contributed by atoms with Crippen LogP contribution in [0.1, 0.15) is 42.6 Å². The van der Waals surface area contributed by atoms with Gasteiger partial charge in [-0.3, -0.25) is 19.9 Å². The van der Waals surface area contributed by atoms with Crippen molar-refractivity contribution in [2.24, 2.45) is 11.8 Å². The lowest BCUT2D eigenvalue weighted by Crippen LogP contribution is -2.32. The van der Waals surface area contributed by atoms with Crippen LogP contribution < -0.4 is 0 Å². The Balaban J connectivity index is 2.16. The number of rotatable bonds is 5. The molecule has 1 aromatic rings. The highest BCUT2D eigenvalue weighted by Crippen LogP contribution is 2.31. The van der Waals surface area contributed by atoms with Crippen LogP contribution in [0.25, 0.3) is 0 Å². The normalized spacial score (nSPS) is 17.9. The van der Waals surface area contributed by atoms with Crippen LogP contribution in [0.3, 0.4) is 0 Å². The van der Waals surface area contributed by atoms with Crippen molar-refractivity contribution in [1.29, 1.82) is 0 Å². The summed E-state index contributed by atoms with van der Waals surface area (Å²) in [6.45, 7) is -0.305. The lowest BCUT2D eigenvalue weighted by Gasteiger charge is -2.26. The Morgan fingerprint density at radius 2 is 2.11 bits per heavy atom. The first-order valence-corrected chi connectivity index (χ1v) is 6.60. The molecule has 0 aromatic carbocycles. The van der Waals surface area contributed by atoms with Gasteiger partial charge in [0.2, 0.25) is 6.54 Å². The lowest BCUT2D eigenvalue weighted by atomic mass is 9.77. The van der Waals surface area contributed by atoms with Gasteiger partial charge in [-0.15, -0.1) is 0 Å². The van der Waals surface area contributed by atoms with E-state index in [4.69, 9.17) is 0 Å². The Kier molecular flexibility index (Phi) is 4.54. The van der Waals surface area contributed by atoms with E-state index in [2.05, 4.69) is 9.97 Å². The van der Waals surface area contributed by atoms with Crippen LogP contribution in [-0.2, 0) is 0 Å². The van der Waals surface area contributed by atoms with Gasteiger partial charge < -0.3 is 0 Å². The molecule has 102 valence electrons. The van der Waals surface area contributed by atoms with E-state index in [1.165, 1.54) is 18.6 Å². The van der Waals surface area contributed by atoms with Crippen LogP contribution in [0.4, 0.5) is 0 Å². The number of carbonyl (C=O) groups is 1. The molecule has 6 nitrogen and oxygen atoms in total. The van der Waals surface area contributed by atoms with Gasteiger partial charge in [0, 0.05) is 17.3 Å². The fourth-order valence-electron chi connectivity index (χ4n) is 2.76. The molecule has 1 saturated carbocycles. The monoisotopic (exact) mass is 263 g/mol. The Labute approximate surface area is 111 Å². The van der Waals surface area contributed by atoms with Crippen molar-refractivity contribution in [2.45, 2.75) is 32.1 Å². The fourth-order valence-corrected chi connectivity index (χ4v) is 2.76. The Hall–Kier alpha value is -1.85. The molecule has 2 rings (SSSR count). The molecule has 0 spiro atoms.